The number of H-pyrrole nitrogens is 1. The Morgan fingerprint density at radius 2 is 1.79 bits per heavy atom. The summed E-state index contributed by atoms with van der Waals surface area (Å²) in [6, 6.07) is 15.3. The number of pyridine rings is 1. The molecule has 3 heteroatoms. The minimum Gasteiger partial charge on any atom is -0.399 e. The molecule has 0 aliphatic carbocycles. The normalized spacial score (nSPS) is 10.8. The average Bonchev–Trinajstić information content (AvgIpc) is 2.40. The van der Waals surface area contributed by atoms with Gasteiger partial charge in [0.1, 0.15) is 0 Å². The van der Waals surface area contributed by atoms with Crippen molar-refractivity contribution in [1.29, 1.82) is 0 Å². The number of rotatable bonds is 1. The second-order valence-corrected chi connectivity index (χ2v) is 4.67. The van der Waals surface area contributed by atoms with E-state index in [-0.39, 0.29) is 5.56 Å². The van der Waals surface area contributed by atoms with Crippen LogP contribution in [-0.4, -0.2) is 4.98 Å². The number of aryl methyl sites for hydroxylation is 1. The second kappa shape index (κ2) is 4.28. The third kappa shape index (κ3) is 1.99. The van der Waals surface area contributed by atoms with E-state index < -0.39 is 0 Å². The van der Waals surface area contributed by atoms with Gasteiger partial charge in [0, 0.05) is 22.7 Å². The van der Waals surface area contributed by atoms with Crippen LogP contribution in [-0.2, 0) is 0 Å². The molecular weight excluding hydrogens is 236 g/mol. The van der Waals surface area contributed by atoms with Crippen LogP contribution in [0.25, 0.3) is 22.0 Å². The van der Waals surface area contributed by atoms with Gasteiger partial charge in [-0.15, -0.1) is 0 Å². The molecule has 3 aromatic rings. The molecule has 0 saturated carbocycles. The van der Waals surface area contributed by atoms with Crippen LogP contribution in [0.3, 0.4) is 0 Å². The molecule has 0 aliphatic rings. The molecule has 19 heavy (non-hydrogen) atoms. The molecule has 0 radical (unpaired) electrons. The third-order valence-corrected chi connectivity index (χ3v) is 3.27. The van der Waals surface area contributed by atoms with E-state index in [2.05, 4.69) is 4.98 Å². The Morgan fingerprint density at radius 1 is 1.05 bits per heavy atom. The molecule has 3 N–H and O–H groups in total. The highest BCUT2D eigenvalue weighted by Crippen LogP contribution is 2.30. The predicted molar refractivity (Wildman–Crippen MR) is 79.2 cm³/mol. The van der Waals surface area contributed by atoms with Crippen LogP contribution in [0.5, 0.6) is 0 Å². The van der Waals surface area contributed by atoms with E-state index in [1.165, 1.54) is 0 Å². The molecule has 1 heterocycles. The van der Waals surface area contributed by atoms with Gasteiger partial charge >= 0.3 is 0 Å². The lowest BCUT2D eigenvalue weighted by Crippen LogP contribution is -2.06. The summed E-state index contributed by atoms with van der Waals surface area (Å²) in [5.41, 5.74) is 10.4. The van der Waals surface area contributed by atoms with Crippen molar-refractivity contribution in [3.05, 3.63) is 64.4 Å². The lowest BCUT2D eigenvalue weighted by Gasteiger charge is -2.10. The van der Waals surface area contributed by atoms with Crippen LogP contribution in [0, 0.1) is 6.92 Å². The molecule has 0 atom stereocenters. The number of nitrogens with two attached hydrogens (primary N) is 1. The van der Waals surface area contributed by atoms with E-state index in [9.17, 15) is 4.79 Å². The van der Waals surface area contributed by atoms with Crippen LogP contribution >= 0.6 is 0 Å². The average molecular weight is 250 g/mol. The summed E-state index contributed by atoms with van der Waals surface area (Å²) in [6.45, 7) is 1.92. The third-order valence-electron chi connectivity index (χ3n) is 3.27. The van der Waals surface area contributed by atoms with Crippen LogP contribution in [0.15, 0.2) is 53.3 Å². The summed E-state index contributed by atoms with van der Waals surface area (Å²) in [6.07, 6.45) is 0. The standard InChI is InChI=1S/C16H14N2O/c1-10-7-15(19)18-16-13(10)8-12(17)9-14(16)11-5-3-2-4-6-11/h2-9H,17H2,1H3,(H,18,19). The largest absolute Gasteiger partial charge is 0.399 e. The highest BCUT2D eigenvalue weighted by Gasteiger charge is 2.08. The molecule has 3 rings (SSSR count). The number of nitrogens with one attached hydrogen (secondary N) is 1. The fourth-order valence-corrected chi connectivity index (χ4v) is 2.39. The van der Waals surface area contributed by atoms with Gasteiger partial charge in [0.05, 0.1) is 5.52 Å². The van der Waals surface area contributed by atoms with Crippen LogP contribution in [0.4, 0.5) is 5.69 Å². The first-order valence-electron chi connectivity index (χ1n) is 6.14. The molecule has 2 aromatic carbocycles. The molecule has 0 fully saturated rings. The summed E-state index contributed by atoms with van der Waals surface area (Å²) in [5.74, 6) is 0. The summed E-state index contributed by atoms with van der Waals surface area (Å²) in [4.78, 5) is 14.6. The lowest BCUT2D eigenvalue weighted by molar-refractivity contribution is 1.28. The van der Waals surface area contributed by atoms with Crippen molar-refractivity contribution in [2.75, 3.05) is 5.73 Å². The van der Waals surface area contributed by atoms with Crippen molar-refractivity contribution in [2.45, 2.75) is 6.92 Å². The summed E-state index contributed by atoms with van der Waals surface area (Å²) < 4.78 is 0. The van der Waals surface area contributed by atoms with Crippen molar-refractivity contribution in [3.63, 3.8) is 0 Å². The zero-order valence-corrected chi connectivity index (χ0v) is 10.6. The SMILES string of the molecule is Cc1cc(=O)[nH]c2c(-c3ccccc3)cc(N)cc12. The van der Waals surface area contributed by atoms with Gasteiger partial charge in [0.25, 0.3) is 0 Å². The molecule has 0 unspecified atom stereocenters. The van der Waals surface area contributed by atoms with E-state index in [0.717, 1.165) is 27.6 Å². The summed E-state index contributed by atoms with van der Waals surface area (Å²) in [7, 11) is 0. The Hall–Kier alpha value is -2.55. The molecule has 0 aliphatic heterocycles. The Kier molecular flexibility index (Phi) is 2.60. The Balaban J connectivity index is 2.45. The fourth-order valence-electron chi connectivity index (χ4n) is 2.39. The maximum absolute atomic E-state index is 11.7. The van der Waals surface area contributed by atoms with Crippen LogP contribution < -0.4 is 11.3 Å². The van der Waals surface area contributed by atoms with Gasteiger partial charge in [-0.3, -0.25) is 4.79 Å². The second-order valence-electron chi connectivity index (χ2n) is 4.67. The van der Waals surface area contributed by atoms with Gasteiger partial charge in [-0.25, -0.2) is 0 Å². The van der Waals surface area contributed by atoms with Crippen LogP contribution in [0.2, 0.25) is 0 Å². The molecule has 0 bridgehead atoms. The molecule has 0 saturated heterocycles. The van der Waals surface area contributed by atoms with Crippen molar-refractivity contribution < 1.29 is 0 Å². The number of anilines is 1. The van der Waals surface area contributed by atoms with Gasteiger partial charge in [-0.2, -0.15) is 0 Å². The summed E-state index contributed by atoms with van der Waals surface area (Å²) >= 11 is 0. The zero-order chi connectivity index (χ0) is 13.4. The lowest BCUT2D eigenvalue weighted by atomic mass is 9.99. The Bertz CT molecular complexity index is 804. The number of aromatic nitrogens is 1. The highest BCUT2D eigenvalue weighted by atomic mass is 16.1. The Morgan fingerprint density at radius 3 is 2.53 bits per heavy atom. The number of aromatic amines is 1. The number of nitrogen functional groups attached to an aromatic ring is 1. The number of fused-ring (bicyclic) bond motifs is 1. The minimum atomic E-state index is -0.0908. The van der Waals surface area contributed by atoms with Crippen molar-refractivity contribution >= 4 is 16.6 Å². The maximum atomic E-state index is 11.7. The van der Waals surface area contributed by atoms with Crippen molar-refractivity contribution in [3.8, 4) is 11.1 Å². The molecule has 94 valence electrons. The fraction of sp³-hybridized carbons (Fsp3) is 0.0625. The van der Waals surface area contributed by atoms with E-state index in [0.29, 0.717) is 5.69 Å². The van der Waals surface area contributed by atoms with E-state index in [4.69, 9.17) is 5.73 Å². The quantitative estimate of drug-likeness (QED) is 0.652. The highest BCUT2D eigenvalue weighted by molar-refractivity contribution is 5.97. The summed E-state index contributed by atoms with van der Waals surface area (Å²) in [5, 5.41) is 0.985. The zero-order valence-electron chi connectivity index (χ0n) is 10.6. The first-order chi connectivity index (χ1) is 9.15. The first-order valence-corrected chi connectivity index (χ1v) is 6.14. The molecule has 3 nitrogen and oxygen atoms in total. The number of hydrogen-bond donors (Lipinski definition) is 2. The van der Waals surface area contributed by atoms with Gasteiger partial charge in [0.2, 0.25) is 5.56 Å². The number of hydrogen-bond acceptors (Lipinski definition) is 2. The maximum Gasteiger partial charge on any atom is 0.248 e. The van der Waals surface area contributed by atoms with E-state index in [1.54, 1.807) is 6.07 Å². The van der Waals surface area contributed by atoms with E-state index >= 15 is 0 Å². The first kappa shape index (κ1) is 11.5. The predicted octanol–water partition coefficient (Wildman–Crippen LogP) is 3.09. The van der Waals surface area contributed by atoms with Gasteiger partial charge in [0.15, 0.2) is 0 Å². The minimum absolute atomic E-state index is 0.0908. The topological polar surface area (TPSA) is 58.9 Å². The molecular formula is C16H14N2O. The smallest absolute Gasteiger partial charge is 0.248 e. The van der Waals surface area contributed by atoms with Crippen LogP contribution in [0.1, 0.15) is 5.56 Å². The number of benzene rings is 2. The molecule has 0 spiro atoms. The Labute approximate surface area is 110 Å². The van der Waals surface area contributed by atoms with Gasteiger partial charge in [-0.1, -0.05) is 30.3 Å². The van der Waals surface area contributed by atoms with Gasteiger partial charge < -0.3 is 10.7 Å². The van der Waals surface area contributed by atoms with Crippen molar-refractivity contribution in [2.24, 2.45) is 0 Å². The van der Waals surface area contributed by atoms with E-state index in [1.807, 2.05) is 49.4 Å². The monoisotopic (exact) mass is 250 g/mol. The van der Waals surface area contributed by atoms with Gasteiger partial charge in [-0.05, 0) is 30.2 Å². The molecule has 0 amide bonds. The molecule has 1 aromatic heterocycles. The van der Waals surface area contributed by atoms with Crippen molar-refractivity contribution in [1.82, 2.24) is 4.98 Å².